The van der Waals surface area contributed by atoms with E-state index in [2.05, 4.69) is 74.5 Å². The van der Waals surface area contributed by atoms with Crippen LogP contribution in [0.1, 0.15) is 88.7 Å². The maximum atomic E-state index is 6.91. The van der Waals surface area contributed by atoms with Gasteiger partial charge in [0.05, 0.1) is 12.7 Å². The molecule has 0 amide bonds. The van der Waals surface area contributed by atoms with Crippen LogP contribution < -0.4 is 0 Å². The van der Waals surface area contributed by atoms with Gasteiger partial charge in [-0.1, -0.05) is 93.3 Å². The van der Waals surface area contributed by atoms with Crippen molar-refractivity contribution >= 4 is 0 Å². The highest BCUT2D eigenvalue weighted by molar-refractivity contribution is 5.37. The normalized spacial score (nSPS) is 26.8. The van der Waals surface area contributed by atoms with Crippen LogP contribution in [0.15, 0.2) is 60.7 Å². The van der Waals surface area contributed by atoms with Crippen LogP contribution >= 0.6 is 0 Å². The Morgan fingerprint density at radius 2 is 1.53 bits per heavy atom. The highest BCUT2D eigenvalue weighted by Crippen LogP contribution is 2.64. The maximum absolute atomic E-state index is 6.91. The van der Waals surface area contributed by atoms with Gasteiger partial charge in [0, 0.05) is 17.8 Å². The molecule has 2 aromatic rings. The molecule has 2 aliphatic rings. The summed E-state index contributed by atoms with van der Waals surface area (Å²) < 4.78 is 13.5. The number of benzene rings is 2. The predicted octanol–water partition coefficient (Wildman–Crippen LogP) is 7.48. The Morgan fingerprint density at radius 3 is 2.17 bits per heavy atom. The molecule has 0 spiro atoms. The summed E-state index contributed by atoms with van der Waals surface area (Å²) in [5.74, 6) is -0.148. The Bertz CT molecular complexity index is 720. The van der Waals surface area contributed by atoms with Gasteiger partial charge in [0.25, 0.3) is 0 Å². The van der Waals surface area contributed by atoms with Gasteiger partial charge in [0.15, 0.2) is 5.79 Å². The lowest BCUT2D eigenvalue weighted by Gasteiger charge is -2.46. The fourth-order valence-corrected chi connectivity index (χ4v) is 6.09. The summed E-state index contributed by atoms with van der Waals surface area (Å²) in [6.45, 7) is 5.33. The van der Waals surface area contributed by atoms with Gasteiger partial charge in [-0.25, -0.2) is 0 Å². The molecule has 0 N–H and O–H groups in total. The van der Waals surface area contributed by atoms with Crippen LogP contribution in [0.2, 0.25) is 0 Å². The minimum Gasteiger partial charge on any atom is -0.349 e. The molecule has 3 atom stereocenters. The molecule has 4 rings (SSSR count). The summed E-state index contributed by atoms with van der Waals surface area (Å²) in [6.07, 6.45) is 11.0. The monoisotopic (exact) mass is 406 g/mol. The molecule has 2 fully saturated rings. The summed E-state index contributed by atoms with van der Waals surface area (Å²) >= 11 is 0. The third-order valence-corrected chi connectivity index (χ3v) is 7.44. The van der Waals surface area contributed by atoms with Crippen LogP contribution in [0, 0.1) is 5.41 Å². The van der Waals surface area contributed by atoms with E-state index in [1.807, 2.05) is 0 Å². The van der Waals surface area contributed by atoms with Crippen molar-refractivity contribution in [1.29, 1.82) is 0 Å². The zero-order valence-electron chi connectivity index (χ0n) is 18.8. The molecule has 1 aliphatic heterocycles. The molecule has 2 heteroatoms. The van der Waals surface area contributed by atoms with E-state index in [9.17, 15) is 0 Å². The van der Waals surface area contributed by atoms with E-state index in [1.54, 1.807) is 0 Å². The number of ether oxygens (including phenoxy) is 2. The average Bonchev–Trinajstić information content (AvgIpc) is 3.28. The molecular formula is C28H38O2. The molecule has 0 radical (unpaired) electrons. The third kappa shape index (κ3) is 4.09. The van der Waals surface area contributed by atoms with Gasteiger partial charge in [-0.15, -0.1) is 0 Å². The van der Waals surface area contributed by atoms with Crippen molar-refractivity contribution in [2.75, 3.05) is 6.61 Å². The van der Waals surface area contributed by atoms with E-state index in [-0.39, 0.29) is 11.5 Å². The van der Waals surface area contributed by atoms with Crippen molar-refractivity contribution in [3.63, 3.8) is 0 Å². The number of fused-ring (bicyclic) bond motifs is 1. The molecule has 1 saturated heterocycles. The minimum absolute atomic E-state index is 0.00733. The first-order chi connectivity index (χ1) is 14.7. The van der Waals surface area contributed by atoms with E-state index < -0.39 is 5.79 Å². The van der Waals surface area contributed by atoms with Crippen molar-refractivity contribution in [1.82, 2.24) is 0 Å². The molecule has 1 heterocycles. The molecule has 2 aromatic carbocycles. The largest absolute Gasteiger partial charge is 0.349 e. The molecule has 1 saturated carbocycles. The fraction of sp³-hybridized carbons (Fsp3) is 0.571. The Morgan fingerprint density at radius 1 is 0.867 bits per heavy atom. The van der Waals surface area contributed by atoms with E-state index >= 15 is 0 Å². The zero-order valence-corrected chi connectivity index (χ0v) is 18.8. The lowest BCUT2D eigenvalue weighted by atomic mass is 9.64. The number of hydrogen-bond acceptors (Lipinski definition) is 2. The predicted molar refractivity (Wildman–Crippen MR) is 124 cm³/mol. The van der Waals surface area contributed by atoms with Gasteiger partial charge in [0.2, 0.25) is 0 Å². The second-order valence-corrected chi connectivity index (χ2v) is 9.39. The van der Waals surface area contributed by atoms with E-state index in [0.29, 0.717) is 5.92 Å². The molecule has 0 unspecified atom stereocenters. The van der Waals surface area contributed by atoms with Crippen LogP contribution in [-0.2, 0) is 9.47 Å². The topological polar surface area (TPSA) is 18.5 Å². The molecular weight excluding hydrogens is 368 g/mol. The molecule has 2 nitrogen and oxygen atoms in total. The van der Waals surface area contributed by atoms with Crippen molar-refractivity contribution in [3.8, 4) is 0 Å². The van der Waals surface area contributed by atoms with E-state index in [1.165, 1.54) is 49.7 Å². The Hall–Kier alpha value is -1.64. The first-order valence-corrected chi connectivity index (χ1v) is 12.1. The molecule has 1 aliphatic carbocycles. The smallest absolute Gasteiger partial charge is 0.175 e. The second kappa shape index (κ2) is 9.66. The SMILES string of the molecule is CCCCCC[C@H](C)O[C@@]12CCC[C@]1(C(c1ccccc1)c1ccccc1)CCO2. The number of unbranched alkanes of at least 4 members (excludes halogenated alkanes) is 3. The van der Waals surface area contributed by atoms with E-state index in [4.69, 9.17) is 9.47 Å². The van der Waals surface area contributed by atoms with Crippen molar-refractivity contribution in [3.05, 3.63) is 71.8 Å². The van der Waals surface area contributed by atoms with Crippen LogP contribution in [0.5, 0.6) is 0 Å². The highest BCUT2D eigenvalue weighted by Gasteiger charge is 2.64. The zero-order chi connectivity index (χ0) is 20.9. The molecule has 0 bridgehead atoms. The van der Waals surface area contributed by atoms with Crippen LogP contribution in [0.25, 0.3) is 0 Å². The number of rotatable bonds is 10. The van der Waals surface area contributed by atoms with Gasteiger partial charge in [-0.3, -0.25) is 0 Å². The van der Waals surface area contributed by atoms with Gasteiger partial charge in [-0.2, -0.15) is 0 Å². The standard InChI is InChI=1S/C28H38O2/c1-3-4-5-8-14-23(2)30-28-20-13-19-27(28,21-22-29-28)26(24-15-9-6-10-16-24)25-17-11-7-12-18-25/h6-7,9-12,15-18,23,26H,3-5,8,13-14,19-22H2,1-2H3/t23-,27+,28-/m0/s1. The summed E-state index contributed by atoms with van der Waals surface area (Å²) in [6, 6.07) is 22.1. The summed E-state index contributed by atoms with van der Waals surface area (Å²) in [4.78, 5) is 0. The summed E-state index contributed by atoms with van der Waals surface area (Å²) in [7, 11) is 0. The van der Waals surface area contributed by atoms with Crippen LogP contribution in [0.4, 0.5) is 0 Å². The van der Waals surface area contributed by atoms with Gasteiger partial charge in [0.1, 0.15) is 0 Å². The number of hydrogen-bond donors (Lipinski definition) is 0. The molecule has 0 aromatic heterocycles. The van der Waals surface area contributed by atoms with Crippen LogP contribution in [-0.4, -0.2) is 18.5 Å². The summed E-state index contributed by atoms with van der Waals surface area (Å²) in [5.41, 5.74) is 2.78. The Labute approximate surface area is 183 Å². The third-order valence-electron chi connectivity index (χ3n) is 7.44. The van der Waals surface area contributed by atoms with Crippen LogP contribution in [0.3, 0.4) is 0 Å². The fourth-order valence-electron chi connectivity index (χ4n) is 6.09. The highest BCUT2D eigenvalue weighted by atomic mass is 16.7. The first-order valence-electron chi connectivity index (χ1n) is 12.1. The Kier molecular flexibility index (Phi) is 6.95. The van der Waals surface area contributed by atoms with Crippen molar-refractivity contribution in [2.45, 2.75) is 89.4 Å². The minimum atomic E-state index is -0.451. The maximum Gasteiger partial charge on any atom is 0.175 e. The van der Waals surface area contributed by atoms with Crippen molar-refractivity contribution < 1.29 is 9.47 Å². The average molecular weight is 407 g/mol. The lowest BCUT2D eigenvalue weighted by molar-refractivity contribution is -0.269. The Balaban J connectivity index is 1.65. The quantitative estimate of drug-likeness (QED) is 0.381. The molecule has 30 heavy (non-hydrogen) atoms. The molecule has 162 valence electrons. The summed E-state index contributed by atoms with van der Waals surface area (Å²) in [5, 5.41) is 0. The second-order valence-electron chi connectivity index (χ2n) is 9.39. The van der Waals surface area contributed by atoms with Gasteiger partial charge >= 0.3 is 0 Å². The first kappa shape index (κ1) is 21.6. The van der Waals surface area contributed by atoms with Gasteiger partial charge < -0.3 is 9.47 Å². The lowest BCUT2D eigenvalue weighted by Crippen LogP contribution is -2.48. The van der Waals surface area contributed by atoms with Crippen molar-refractivity contribution in [2.24, 2.45) is 5.41 Å². The van der Waals surface area contributed by atoms with E-state index in [0.717, 1.165) is 25.9 Å². The van der Waals surface area contributed by atoms with Gasteiger partial charge in [-0.05, 0) is 43.7 Å².